The molecule has 0 radical (unpaired) electrons. The Kier molecular flexibility index (Phi) is 7.17. The van der Waals surface area contributed by atoms with Crippen LogP contribution in [0.3, 0.4) is 0 Å². The molecule has 0 atom stereocenters. The van der Waals surface area contributed by atoms with E-state index in [2.05, 4.69) is 20.8 Å². The first kappa shape index (κ1) is 23.6. The zero-order chi connectivity index (χ0) is 24.8. The van der Waals surface area contributed by atoms with E-state index in [1.54, 1.807) is 55.5 Å². The van der Waals surface area contributed by atoms with Gasteiger partial charge >= 0.3 is 0 Å². The summed E-state index contributed by atoms with van der Waals surface area (Å²) >= 11 is 1.05. The van der Waals surface area contributed by atoms with Crippen LogP contribution in [-0.2, 0) is 4.79 Å². The molecule has 4 rings (SSSR count). The third-order valence-electron chi connectivity index (χ3n) is 4.87. The highest BCUT2D eigenvalue weighted by Gasteiger charge is 2.17. The number of benzene rings is 3. The van der Waals surface area contributed by atoms with Gasteiger partial charge in [0.05, 0.1) is 21.9 Å². The Morgan fingerprint density at radius 1 is 0.971 bits per heavy atom. The molecule has 11 heteroatoms. The van der Waals surface area contributed by atoms with Gasteiger partial charge in [-0.25, -0.2) is 0 Å². The third-order valence-corrected chi connectivity index (χ3v) is 5.69. The average Bonchev–Trinajstić information content (AvgIpc) is 3.33. The van der Waals surface area contributed by atoms with Gasteiger partial charge in [0.2, 0.25) is 5.91 Å². The summed E-state index contributed by atoms with van der Waals surface area (Å²) in [7, 11) is 0. The second kappa shape index (κ2) is 10.6. The summed E-state index contributed by atoms with van der Waals surface area (Å²) in [6.07, 6.45) is 0. The number of anilines is 2. The lowest BCUT2D eigenvalue weighted by atomic mass is 10.1. The maximum atomic E-state index is 12.5. The van der Waals surface area contributed by atoms with Crippen LogP contribution in [0.1, 0.15) is 15.9 Å². The quantitative estimate of drug-likeness (QED) is 0.202. The van der Waals surface area contributed by atoms with Crippen molar-refractivity contribution in [2.45, 2.75) is 12.1 Å². The van der Waals surface area contributed by atoms with Gasteiger partial charge in [0, 0.05) is 23.4 Å². The van der Waals surface area contributed by atoms with Crippen LogP contribution >= 0.6 is 11.8 Å². The molecule has 176 valence electrons. The minimum Gasteiger partial charge on any atom is -0.411 e. The second-order valence-corrected chi connectivity index (χ2v) is 8.26. The molecule has 0 spiro atoms. The zero-order valence-electron chi connectivity index (χ0n) is 18.4. The van der Waals surface area contributed by atoms with Crippen molar-refractivity contribution >= 4 is 40.6 Å². The van der Waals surface area contributed by atoms with Crippen LogP contribution in [0.2, 0.25) is 0 Å². The zero-order valence-corrected chi connectivity index (χ0v) is 19.2. The number of aryl methyl sites for hydroxylation is 1. The molecule has 35 heavy (non-hydrogen) atoms. The summed E-state index contributed by atoms with van der Waals surface area (Å²) in [5.74, 6) is -0.416. The summed E-state index contributed by atoms with van der Waals surface area (Å²) in [5.41, 5.74) is 2.57. The monoisotopic (exact) mass is 489 g/mol. The van der Waals surface area contributed by atoms with Crippen molar-refractivity contribution in [3.63, 3.8) is 0 Å². The lowest BCUT2D eigenvalue weighted by Crippen LogP contribution is -2.14. The number of carbonyl (C=O) groups is 2. The van der Waals surface area contributed by atoms with Gasteiger partial charge in [-0.1, -0.05) is 42.1 Å². The van der Waals surface area contributed by atoms with Gasteiger partial charge in [0.15, 0.2) is 0 Å². The normalized spacial score (nSPS) is 10.5. The number of hydrogen-bond acceptors (Lipinski definition) is 8. The van der Waals surface area contributed by atoms with Crippen LogP contribution < -0.4 is 10.6 Å². The van der Waals surface area contributed by atoms with Gasteiger partial charge in [-0.15, -0.1) is 10.2 Å². The maximum absolute atomic E-state index is 12.5. The molecule has 0 aliphatic carbocycles. The van der Waals surface area contributed by atoms with Gasteiger partial charge in [-0.2, -0.15) is 0 Å². The van der Waals surface area contributed by atoms with E-state index < -0.39 is 4.92 Å². The lowest BCUT2D eigenvalue weighted by Gasteiger charge is -2.08. The van der Waals surface area contributed by atoms with Gasteiger partial charge in [-0.05, 0) is 42.8 Å². The van der Waals surface area contributed by atoms with Crippen LogP contribution in [0, 0.1) is 17.0 Å². The predicted molar refractivity (Wildman–Crippen MR) is 131 cm³/mol. The Morgan fingerprint density at radius 2 is 1.71 bits per heavy atom. The Bertz CT molecular complexity index is 1390. The first-order chi connectivity index (χ1) is 16.9. The smallest absolute Gasteiger partial charge is 0.277 e. The molecule has 4 aromatic rings. The molecule has 1 heterocycles. The van der Waals surface area contributed by atoms with Crippen LogP contribution in [0.4, 0.5) is 17.1 Å². The first-order valence-electron chi connectivity index (χ1n) is 10.4. The third kappa shape index (κ3) is 5.89. The van der Waals surface area contributed by atoms with Crippen molar-refractivity contribution < 1.29 is 18.9 Å². The van der Waals surface area contributed by atoms with E-state index in [1.807, 2.05) is 6.07 Å². The van der Waals surface area contributed by atoms with Crippen LogP contribution in [0.15, 0.2) is 82.4 Å². The van der Waals surface area contributed by atoms with Crippen LogP contribution in [0.25, 0.3) is 11.5 Å². The van der Waals surface area contributed by atoms with Crippen LogP contribution in [0.5, 0.6) is 0 Å². The number of nitro benzene ring substituents is 1. The minimum atomic E-state index is -0.493. The van der Waals surface area contributed by atoms with E-state index in [0.29, 0.717) is 28.1 Å². The molecule has 2 N–H and O–H groups in total. The molecule has 0 bridgehead atoms. The number of thioether (sulfide) groups is 1. The predicted octanol–water partition coefficient (Wildman–Crippen LogP) is 4.94. The molecular weight excluding hydrogens is 470 g/mol. The number of nitrogens with zero attached hydrogens (tertiary/aromatic N) is 3. The highest BCUT2D eigenvalue weighted by atomic mass is 32.2. The largest absolute Gasteiger partial charge is 0.411 e. The second-order valence-electron chi connectivity index (χ2n) is 7.33. The van der Waals surface area contributed by atoms with E-state index in [0.717, 1.165) is 11.8 Å². The molecule has 0 saturated carbocycles. The van der Waals surface area contributed by atoms with Gasteiger partial charge in [0.1, 0.15) is 0 Å². The number of nitro groups is 1. The maximum Gasteiger partial charge on any atom is 0.277 e. The Morgan fingerprint density at radius 3 is 2.46 bits per heavy atom. The molecule has 0 aliphatic heterocycles. The molecule has 10 nitrogen and oxygen atoms in total. The fraction of sp³-hybridized carbons (Fsp3) is 0.0833. The summed E-state index contributed by atoms with van der Waals surface area (Å²) in [4.78, 5) is 35.3. The average molecular weight is 490 g/mol. The fourth-order valence-electron chi connectivity index (χ4n) is 3.15. The lowest BCUT2D eigenvalue weighted by molar-refractivity contribution is -0.384. The molecule has 1 aromatic heterocycles. The molecule has 0 unspecified atom stereocenters. The number of hydrogen-bond donors (Lipinski definition) is 2. The van der Waals surface area contributed by atoms with Gasteiger partial charge < -0.3 is 15.1 Å². The van der Waals surface area contributed by atoms with Crippen LogP contribution in [-0.4, -0.2) is 32.7 Å². The van der Waals surface area contributed by atoms with Crippen molar-refractivity contribution in [2.75, 3.05) is 16.4 Å². The van der Waals surface area contributed by atoms with Crippen molar-refractivity contribution in [1.82, 2.24) is 10.2 Å². The SMILES string of the molecule is Cc1cc([N+](=O)[O-])ccc1NC(=O)CSc1nnc(-c2ccccc2NC(=O)c2ccccc2)o1. The topological polar surface area (TPSA) is 140 Å². The number of rotatable bonds is 8. The summed E-state index contributed by atoms with van der Waals surface area (Å²) < 4.78 is 5.70. The first-order valence-corrected chi connectivity index (χ1v) is 11.4. The minimum absolute atomic E-state index is 0.00947. The highest BCUT2D eigenvalue weighted by molar-refractivity contribution is 7.99. The standard InChI is InChI=1S/C24H19N5O5S/c1-15-13-17(29(32)33)11-12-19(15)25-21(30)14-35-24-28-27-23(34-24)18-9-5-6-10-20(18)26-22(31)16-7-3-2-4-8-16/h2-13H,14H2,1H3,(H,25,30)(H,26,31). The molecular formula is C24H19N5O5S. The molecule has 0 fully saturated rings. The molecule has 2 amide bonds. The summed E-state index contributed by atoms with van der Waals surface area (Å²) in [5, 5.41) is 24.6. The van der Waals surface area contributed by atoms with E-state index in [-0.39, 0.29) is 34.4 Å². The van der Waals surface area contributed by atoms with E-state index in [4.69, 9.17) is 4.42 Å². The Hall–Kier alpha value is -4.51. The highest BCUT2D eigenvalue weighted by Crippen LogP contribution is 2.29. The summed E-state index contributed by atoms with van der Waals surface area (Å²) in [6, 6.07) is 20.0. The van der Waals surface area contributed by atoms with E-state index >= 15 is 0 Å². The number of aromatic nitrogens is 2. The Balaban J connectivity index is 1.40. The number of amides is 2. The fourth-order valence-corrected chi connectivity index (χ4v) is 3.72. The molecule has 3 aromatic carbocycles. The van der Waals surface area contributed by atoms with Crippen molar-refractivity contribution in [1.29, 1.82) is 0 Å². The van der Waals surface area contributed by atoms with E-state index in [9.17, 15) is 19.7 Å². The van der Waals surface area contributed by atoms with Crippen molar-refractivity contribution in [2.24, 2.45) is 0 Å². The van der Waals surface area contributed by atoms with Gasteiger partial charge in [-0.3, -0.25) is 19.7 Å². The Labute approximate surface area is 203 Å². The molecule has 0 aliphatic rings. The van der Waals surface area contributed by atoms with E-state index in [1.165, 1.54) is 18.2 Å². The summed E-state index contributed by atoms with van der Waals surface area (Å²) in [6.45, 7) is 1.67. The van der Waals surface area contributed by atoms with Gasteiger partial charge in [0.25, 0.3) is 22.7 Å². The number of nitrogens with one attached hydrogen (secondary N) is 2. The van der Waals surface area contributed by atoms with Crippen molar-refractivity contribution in [3.8, 4) is 11.5 Å². The molecule has 0 saturated heterocycles. The number of carbonyl (C=O) groups excluding carboxylic acids is 2. The van der Waals surface area contributed by atoms with Crippen molar-refractivity contribution in [3.05, 3.63) is 94.0 Å². The number of para-hydroxylation sites is 1. The number of non-ortho nitro benzene ring substituents is 1.